The van der Waals surface area contributed by atoms with Gasteiger partial charge in [-0.05, 0) is 44.2 Å². The van der Waals surface area contributed by atoms with Gasteiger partial charge in [-0.1, -0.05) is 40.5 Å². The van der Waals surface area contributed by atoms with E-state index < -0.39 is 0 Å². The van der Waals surface area contributed by atoms with Crippen LogP contribution in [0.2, 0.25) is 0 Å². The van der Waals surface area contributed by atoms with Crippen molar-refractivity contribution in [2.75, 3.05) is 13.6 Å². The molecule has 0 radical (unpaired) electrons. The van der Waals surface area contributed by atoms with Crippen LogP contribution in [0.1, 0.15) is 59.8 Å². The van der Waals surface area contributed by atoms with Crippen LogP contribution in [0, 0.1) is 11.3 Å². The van der Waals surface area contributed by atoms with E-state index in [1.165, 1.54) is 38.6 Å². The van der Waals surface area contributed by atoms with Crippen molar-refractivity contribution in [2.24, 2.45) is 11.3 Å². The monoisotopic (exact) mass is 211 g/mol. The fraction of sp³-hybridized carbons (Fsp3) is 1.00. The SMILES string of the molecule is C[C@@H]1CCCCN(C)C(C(C)(C)C)CC1. The first-order valence-corrected chi connectivity index (χ1v) is 6.61. The van der Waals surface area contributed by atoms with Crippen molar-refractivity contribution in [2.45, 2.75) is 65.8 Å². The van der Waals surface area contributed by atoms with E-state index in [2.05, 4.69) is 39.6 Å². The highest BCUT2D eigenvalue weighted by molar-refractivity contribution is 4.83. The zero-order chi connectivity index (χ0) is 11.5. The van der Waals surface area contributed by atoms with Crippen LogP contribution in [0.3, 0.4) is 0 Å². The Morgan fingerprint density at radius 1 is 1.00 bits per heavy atom. The van der Waals surface area contributed by atoms with Crippen molar-refractivity contribution in [3.05, 3.63) is 0 Å². The van der Waals surface area contributed by atoms with Gasteiger partial charge in [0, 0.05) is 6.04 Å². The van der Waals surface area contributed by atoms with Gasteiger partial charge in [0.1, 0.15) is 0 Å². The average molecular weight is 211 g/mol. The van der Waals surface area contributed by atoms with E-state index >= 15 is 0 Å². The van der Waals surface area contributed by atoms with Crippen molar-refractivity contribution in [3.8, 4) is 0 Å². The van der Waals surface area contributed by atoms with Gasteiger partial charge in [0.05, 0.1) is 0 Å². The van der Waals surface area contributed by atoms with E-state index in [1.807, 2.05) is 0 Å². The molecule has 1 aliphatic rings. The van der Waals surface area contributed by atoms with Crippen molar-refractivity contribution in [1.82, 2.24) is 4.90 Å². The van der Waals surface area contributed by atoms with Gasteiger partial charge in [0.15, 0.2) is 0 Å². The third-order valence-corrected chi connectivity index (χ3v) is 3.92. The zero-order valence-corrected chi connectivity index (χ0v) is 11.3. The molecule has 0 aromatic carbocycles. The summed E-state index contributed by atoms with van der Waals surface area (Å²) >= 11 is 0. The van der Waals surface area contributed by atoms with Crippen LogP contribution in [0.15, 0.2) is 0 Å². The largest absolute Gasteiger partial charge is 0.303 e. The summed E-state index contributed by atoms with van der Waals surface area (Å²) in [4.78, 5) is 2.60. The summed E-state index contributed by atoms with van der Waals surface area (Å²) < 4.78 is 0. The molecule has 0 saturated carbocycles. The summed E-state index contributed by atoms with van der Waals surface area (Å²) in [5.74, 6) is 0.932. The number of nitrogens with zero attached hydrogens (tertiary/aromatic N) is 1. The Morgan fingerprint density at radius 3 is 2.27 bits per heavy atom. The van der Waals surface area contributed by atoms with Gasteiger partial charge < -0.3 is 4.90 Å². The Hall–Kier alpha value is -0.0400. The summed E-state index contributed by atoms with van der Waals surface area (Å²) in [5, 5.41) is 0. The molecule has 1 fully saturated rings. The summed E-state index contributed by atoms with van der Waals surface area (Å²) in [6, 6.07) is 0.762. The minimum atomic E-state index is 0.429. The first-order chi connectivity index (χ1) is 6.91. The number of rotatable bonds is 0. The second-order valence-electron chi connectivity index (χ2n) is 6.54. The molecule has 1 unspecified atom stereocenters. The van der Waals surface area contributed by atoms with E-state index in [9.17, 15) is 0 Å². The quantitative estimate of drug-likeness (QED) is 0.587. The van der Waals surface area contributed by atoms with Crippen LogP contribution in [0.4, 0.5) is 0 Å². The van der Waals surface area contributed by atoms with Crippen LogP contribution >= 0.6 is 0 Å². The van der Waals surface area contributed by atoms with E-state index in [0.717, 1.165) is 12.0 Å². The highest BCUT2D eigenvalue weighted by Gasteiger charge is 2.28. The third-order valence-electron chi connectivity index (χ3n) is 3.92. The fourth-order valence-corrected chi connectivity index (χ4v) is 2.91. The standard InChI is InChI=1S/C14H29N/c1-12-8-6-7-11-15(5)13(10-9-12)14(2,3)4/h12-13H,6-11H2,1-5H3/t12-,13?/m1/s1. The lowest BCUT2D eigenvalue weighted by Crippen LogP contribution is -2.42. The van der Waals surface area contributed by atoms with Crippen LogP contribution in [0.5, 0.6) is 0 Å². The molecular formula is C14H29N. The molecule has 0 N–H and O–H groups in total. The summed E-state index contributed by atoms with van der Waals surface area (Å²) in [7, 11) is 2.31. The minimum Gasteiger partial charge on any atom is -0.303 e. The van der Waals surface area contributed by atoms with Crippen LogP contribution in [0.25, 0.3) is 0 Å². The van der Waals surface area contributed by atoms with E-state index in [0.29, 0.717) is 5.41 Å². The van der Waals surface area contributed by atoms with Gasteiger partial charge in [-0.15, -0.1) is 0 Å². The Kier molecular flexibility index (Phi) is 4.64. The average Bonchev–Trinajstić information content (AvgIpc) is 2.16. The number of hydrogen-bond donors (Lipinski definition) is 0. The fourth-order valence-electron chi connectivity index (χ4n) is 2.91. The molecule has 0 amide bonds. The summed E-state index contributed by atoms with van der Waals surface area (Å²) in [5.41, 5.74) is 0.429. The first-order valence-electron chi connectivity index (χ1n) is 6.61. The molecule has 1 heteroatoms. The molecule has 15 heavy (non-hydrogen) atoms. The summed E-state index contributed by atoms with van der Waals surface area (Å²) in [6.45, 7) is 10.9. The molecule has 1 saturated heterocycles. The van der Waals surface area contributed by atoms with E-state index in [1.54, 1.807) is 0 Å². The van der Waals surface area contributed by atoms with E-state index in [4.69, 9.17) is 0 Å². The minimum absolute atomic E-state index is 0.429. The Bertz CT molecular complexity index is 180. The van der Waals surface area contributed by atoms with Gasteiger partial charge >= 0.3 is 0 Å². The smallest absolute Gasteiger partial charge is 0.0141 e. The lowest BCUT2D eigenvalue weighted by atomic mass is 9.82. The maximum absolute atomic E-state index is 2.60. The van der Waals surface area contributed by atoms with Crippen molar-refractivity contribution in [1.29, 1.82) is 0 Å². The van der Waals surface area contributed by atoms with Gasteiger partial charge in [-0.2, -0.15) is 0 Å². The third kappa shape index (κ3) is 4.14. The maximum atomic E-state index is 2.60. The molecule has 2 atom stereocenters. The number of hydrogen-bond acceptors (Lipinski definition) is 1. The second kappa shape index (κ2) is 5.34. The topological polar surface area (TPSA) is 3.24 Å². The van der Waals surface area contributed by atoms with Crippen molar-refractivity contribution in [3.63, 3.8) is 0 Å². The Balaban J connectivity index is 2.64. The highest BCUT2D eigenvalue weighted by Crippen LogP contribution is 2.30. The van der Waals surface area contributed by atoms with Gasteiger partial charge in [0.25, 0.3) is 0 Å². The molecule has 0 aromatic rings. The van der Waals surface area contributed by atoms with Gasteiger partial charge in [-0.25, -0.2) is 0 Å². The van der Waals surface area contributed by atoms with Crippen LogP contribution in [-0.2, 0) is 0 Å². The molecule has 1 rings (SSSR count). The first kappa shape index (κ1) is 13.0. The molecule has 1 nitrogen and oxygen atoms in total. The molecular weight excluding hydrogens is 182 g/mol. The second-order valence-corrected chi connectivity index (χ2v) is 6.54. The summed E-state index contributed by atoms with van der Waals surface area (Å²) in [6.07, 6.45) is 7.02. The Morgan fingerprint density at radius 2 is 1.67 bits per heavy atom. The molecule has 0 aromatic heterocycles. The van der Waals surface area contributed by atoms with Gasteiger partial charge in [-0.3, -0.25) is 0 Å². The van der Waals surface area contributed by atoms with Crippen molar-refractivity contribution < 1.29 is 0 Å². The molecule has 0 bridgehead atoms. The van der Waals surface area contributed by atoms with Gasteiger partial charge in [0.2, 0.25) is 0 Å². The lowest BCUT2D eigenvalue weighted by Gasteiger charge is -2.38. The molecule has 1 heterocycles. The predicted molar refractivity (Wildman–Crippen MR) is 68.1 cm³/mol. The molecule has 0 aliphatic carbocycles. The predicted octanol–water partition coefficient (Wildman–Crippen LogP) is 3.93. The molecule has 1 aliphatic heterocycles. The van der Waals surface area contributed by atoms with Crippen LogP contribution < -0.4 is 0 Å². The van der Waals surface area contributed by atoms with Crippen LogP contribution in [-0.4, -0.2) is 24.5 Å². The highest BCUT2D eigenvalue weighted by atomic mass is 15.1. The maximum Gasteiger partial charge on any atom is 0.0141 e. The Labute approximate surface area is 96.2 Å². The van der Waals surface area contributed by atoms with E-state index in [-0.39, 0.29) is 0 Å². The molecule has 90 valence electrons. The lowest BCUT2D eigenvalue weighted by molar-refractivity contribution is 0.114. The van der Waals surface area contributed by atoms with Crippen molar-refractivity contribution >= 4 is 0 Å². The zero-order valence-electron chi connectivity index (χ0n) is 11.3. The normalized spacial score (nSPS) is 31.8. The molecule has 0 spiro atoms.